The summed E-state index contributed by atoms with van der Waals surface area (Å²) in [5, 5.41) is 7.49. The molecular formula is C17H31N5O7S2. The first kappa shape index (κ1) is 23.0. The molecule has 4 N–H and O–H groups in total. The molecule has 178 valence electrons. The fourth-order valence-electron chi connectivity index (χ4n) is 4.81. The van der Waals surface area contributed by atoms with E-state index in [4.69, 9.17) is 9.39 Å². The maximum absolute atomic E-state index is 12.5. The molecule has 0 aromatic rings. The summed E-state index contributed by atoms with van der Waals surface area (Å²) >= 11 is 0. The zero-order valence-electron chi connectivity index (χ0n) is 17.2. The topological polar surface area (TPSA) is 150 Å². The summed E-state index contributed by atoms with van der Waals surface area (Å²) < 4.78 is 35.1. The van der Waals surface area contributed by atoms with Crippen molar-refractivity contribution in [2.24, 2.45) is 5.92 Å². The minimum atomic E-state index is -4.81. The Bertz CT molecular complexity index is 779. The van der Waals surface area contributed by atoms with E-state index in [1.54, 1.807) is 0 Å². The van der Waals surface area contributed by atoms with Gasteiger partial charge in [0, 0.05) is 25.7 Å². The highest BCUT2D eigenvalue weighted by Gasteiger charge is 2.49. The van der Waals surface area contributed by atoms with E-state index in [1.165, 1.54) is 22.2 Å². The van der Waals surface area contributed by atoms with Crippen molar-refractivity contribution in [3.63, 3.8) is 0 Å². The Morgan fingerprint density at radius 2 is 2.06 bits per heavy atom. The highest BCUT2D eigenvalue weighted by atomic mass is 32.3. The van der Waals surface area contributed by atoms with Crippen LogP contribution in [0.25, 0.3) is 0 Å². The number of nitrogens with one attached hydrogen (secondary N) is 3. The Kier molecular flexibility index (Phi) is 7.25. The maximum atomic E-state index is 12.5. The molecular weight excluding hydrogens is 450 g/mol. The van der Waals surface area contributed by atoms with E-state index < -0.39 is 34.4 Å². The van der Waals surface area contributed by atoms with E-state index in [2.05, 4.69) is 20.4 Å². The van der Waals surface area contributed by atoms with Crippen LogP contribution in [0.4, 0.5) is 4.79 Å². The second-order valence-corrected chi connectivity index (χ2v) is 12.2. The molecule has 31 heavy (non-hydrogen) atoms. The van der Waals surface area contributed by atoms with Crippen LogP contribution in [0.1, 0.15) is 19.3 Å². The number of hydrogen-bond acceptors (Lipinski definition) is 8. The molecule has 0 spiro atoms. The van der Waals surface area contributed by atoms with E-state index >= 15 is 0 Å². The van der Waals surface area contributed by atoms with Gasteiger partial charge in [0.15, 0.2) is 0 Å². The maximum Gasteiger partial charge on any atom is 0.418 e. The molecule has 2 bridgehead atoms. The molecule has 4 fully saturated rings. The first-order chi connectivity index (χ1) is 14.8. The Morgan fingerprint density at radius 1 is 1.29 bits per heavy atom. The van der Waals surface area contributed by atoms with E-state index in [-0.39, 0.29) is 23.5 Å². The first-order valence-corrected chi connectivity index (χ1v) is 13.9. The van der Waals surface area contributed by atoms with Gasteiger partial charge in [0.1, 0.15) is 6.04 Å². The molecule has 0 saturated carbocycles. The summed E-state index contributed by atoms with van der Waals surface area (Å²) in [5.41, 5.74) is 2.44. The fourth-order valence-corrected chi connectivity index (χ4v) is 7.75. The van der Waals surface area contributed by atoms with Crippen LogP contribution in [0.2, 0.25) is 0 Å². The van der Waals surface area contributed by atoms with Gasteiger partial charge in [-0.3, -0.25) is 25.1 Å². The number of thiol groups is 1. The van der Waals surface area contributed by atoms with Gasteiger partial charge >= 0.3 is 16.4 Å². The van der Waals surface area contributed by atoms with Gasteiger partial charge in [0.2, 0.25) is 0 Å². The predicted octanol–water partition coefficient (Wildman–Crippen LogP) is -1.38. The molecule has 12 nitrogen and oxygen atoms in total. The number of piperidine rings is 1. The van der Waals surface area contributed by atoms with Crippen molar-refractivity contribution in [2.45, 2.75) is 37.4 Å². The number of carbonyl (C=O) groups is 2. The number of carbonyl (C=O) groups excluding carboxylic acids is 2. The zero-order valence-corrected chi connectivity index (χ0v) is 18.9. The number of nitrogens with zero attached hydrogens (tertiary/aromatic N) is 2. The Morgan fingerprint density at radius 3 is 2.81 bits per heavy atom. The molecule has 0 aromatic heterocycles. The normalized spacial score (nSPS) is 32.5. The number of amides is 3. The van der Waals surface area contributed by atoms with Gasteiger partial charge in [-0.15, -0.1) is 4.28 Å². The second kappa shape index (κ2) is 9.77. The molecule has 14 heteroatoms. The van der Waals surface area contributed by atoms with Crippen LogP contribution >= 0.6 is 10.9 Å². The minimum Gasteiger partial charge on any atom is -0.315 e. The molecule has 4 aliphatic rings. The molecule has 4 saturated heterocycles. The smallest absolute Gasteiger partial charge is 0.315 e. The summed E-state index contributed by atoms with van der Waals surface area (Å²) in [4.78, 5) is 31.6. The van der Waals surface area contributed by atoms with Gasteiger partial charge < -0.3 is 15.5 Å². The summed E-state index contributed by atoms with van der Waals surface area (Å²) in [5.74, 6) is 4.09. The summed E-state index contributed by atoms with van der Waals surface area (Å²) in [6.07, 6.45) is 1.75. The van der Waals surface area contributed by atoms with Gasteiger partial charge in [-0.05, 0) is 49.0 Å². The van der Waals surface area contributed by atoms with Gasteiger partial charge in [-0.1, -0.05) is 0 Å². The van der Waals surface area contributed by atoms with Gasteiger partial charge in [-0.2, -0.15) is 13.5 Å². The lowest BCUT2D eigenvalue weighted by Gasteiger charge is -2.29. The molecule has 4 heterocycles. The summed E-state index contributed by atoms with van der Waals surface area (Å²) in [7, 11) is -4.68. The standard InChI is InChI=1S/C17H31N5O7S2/c23-16(15-2-1-14-9-21(15)17(24)22(14)29-31(25,26)27)20-28-10-13-7-12(8-19-13)11-30-5-3-18-4-6-30/h12-15,18-19,30H,1-11H2,(H,20,23)(H,25,26,27)/t12-,13+,14+,15-/m0/s1. The van der Waals surface area contributed by atoms with Crippen molar-refractivity contribution < 1.29 is 31.7 Å². The van der Waals surface area contributed by atoms with Gasteiger partial charge in [-0.25, -0.2) is 10.3 Å². The average Bonchev–Trinajstić information content (AvgIpc) is 3.26. The SMILES string of the molecule is O=C(NOC[C@H]1C[C@H](C[SH]2CCNCC2)CN1)[C@@H]1CC[C@@H]2CN1C(=O)N2OS(=O)(=O)O. The molecule has 4 atom stereocenters. The van der Waals surface area contributed by atoms with E-state index in [0.29, 0.717) is 30.4 Å². The Labute approximate surface area is 184 Å². The Hall–Kier alpha value is -1.16. The van der Waals surface area contributed by atoms with Crippen LogP contribution in [0.15, 0.2) is 0 Å². The van der Waals surface area contributed by atoms with Gasteiger partial charge in [0.25, 0.3) is 5.91 Å². The predicted molar refractivity (Wildman–Crippen MR) is 114 cm³/mol. The second-order valence-electron chi connectivity index (χ2n) is 8.54. The number of hydroxylamine groups is 3. The first-order valence-electron chi connectivity index (χ1n) is 10.6. The monoisotopic (exact) mass is 481 g/mol. The van der Waals surface area contributed by atoms with Crippen molar-refractivity contribution in [3.05, 3.63) is 0 Å². The number of fused-ring (bicyclic) bond motifs is 2. The van der Waals surface area contributed by atoms with Crippen molar-refractivity contribution in [2.75, 3.05) is 50.0 Å². The van der Waals surface area contributed by atoms with Crippen molar-refractivity contribution in [1.29, 1.82) is 0 Å². The third-order valence-electron chi connectivity index (χ3n) is 6.30. The van der Waals surface area contributed by atoms with Crippen LogP contribution < -0.4 is 16.1 Å². The molecule has 3 amide bonds. The lowest BCUT2D eigenvalue weighted by atomic mass is 10.0. The lowest BCUT2D eigenvalue weighted by Crippen LogP contribution is -2.50. The molecule has 4 rings (SSSR count). The molecule has 0 radical (unpaired) electrons. The van der Waals surface area contributed by atoms with Crippen LogP contribution in [-0.4, -0.2) is 103 Å². The van der Waals surface area contributed by atoms with Crippen LogP contribution in [0.5, 0.6) is 0 Å². The largest absolute Gasteiger partial charge is 0.418 e. The van der Waals surface area contributed by atoms with Crippen molar-refractivity contribution >= 4 is 33.2 Å². The molecule has 0 aliphatic carbocycles. The fraction of sp³-hybridized carbons (Fsp3) is 0.882. The number of hydrogen-bond donors (Lipinski definition) is 5. The third-order valence-corrected chi connectivity index (χ3v) is 9.39. The lowest BCUT2D eigenvalue weighted by molar-refractivity contribution is -0.139. The zero-order chi connectivity index (χ0) is 22.0. The van der Waals surface area contributed by atoms with Crippen molar-refractivity contribution in [3.8, 4) is 0 Å². The molecule has 4 aliphatic heterocycles. The highest BCUT2D eigenvalue weighted by Crippen LogP contribution is 2.32. The van der Waals surface area contributed by atoms with E-state index in [9.17, 15) is 18.0 Å². The van der Waals surface area contributed by atoms with E-state index in [0.717, 1.165) is 26.1 Å². The van der Waals surface area contributed by atoms with Crippen molar-refractivity contribution in [1.82, 2.24) is 26.1 Å². The molecule has 0 aromatic carbocycles. The minimum absolute atomic E-state index is 0.128. The summed E-state index contributed by atoms with van der Waals surface area (Å²) in [6.45, 7) is 3.74. The van der Waals surface area contributed by atoms with Crippen LogP contribution in [0.3, 0.4) is 0 Å². The average molecular weight is 482 g/mol. The van der Waals surface area contributed by atoms with Gasteiger partial charge in [0.05, 0.1) is 12.6 Å². The summed E-state index contributed by atoms with van der Waals surface area (Å²) in [6, 6.07) is -1.88. The van der Waals surface area contributed by atoms with Crippen LogP contribution in [-0.2, 0) is 24.3 Å². The Balaban J connectivity index is 1.19. The number of rotatable bonds is 8. The quantitative estimate of drug-likeness (QED) is 0.161. The van der Waals surface area contributed by atoms with E-state index in [1.807, 2.05) is 0 Å². The van der Waals surface area contributed by atoms with Crippen LogP contribution in [0, 0.1) is 5.92 Å². The third kappa shape index (κ3) is 5.80. The molecule has 0 unspecified atom stereocenters. The number of urea groups is 1. The highest BCUT2D eigenvalue weighted by molar-refractivity contribution is 8.17.